The third kappa shape index (κ3) is 4.05. The summed E-state index contributed by atoms with van der Waals surface area (Å²) in [5, 5.41) is 17.3. The van der Waals surface area contributed by atoms with Crippen molar-refractivity contribution in [1.82, 2.24) is 15.5 Å². The molecule has 1 aliphatic heterocycles. The Morgan fingerprint density at radius 1 is 1.27 bits per heavy atom. The minimum atomic E-state index is -0.777. The summed E-state index contributed by atoms with van der Waals surface area (Å²) < 4.78 is 0. The molecule has 0 saturated heterocycles. The van der Waals surface area contributed by atoms with Crippen LogP contribution in [0.3, 0.4) is 0 Å². The Labute approximate surface area is 154 Å². The van der Waals surface area contributed by atoms with Gasteiger partial charge in [-0.15, -0.1) is 10.2 Å². The third-order valence-corrected chi connectivity index (χ3v) is 5.03. The van der Waals surface area contributed by atoms with Crippen LogP contribution in [0.4, 0.5) is 10.8 Å². The van der Waals surface area contributed by atoms with Crippen LogP contribution in [0.15, 0.2) is 24.3 Å². The Bertz CT molecular complexity index is 848. The molecule has 2 aromatic rings. The topological polar surface area (TPSA) is 113 Å². The molecule has 9 heteroatoms. The summed E-state index contributed by atoms with van der Waals surface area (Å²) >= 11 is 1.32. The highest BCUT2D eigenvalue weighted by molar-refractivity contribution is 7.15. The van der Waals surface area contributed by atoms with Crippen molar-refractivity contribution in [1.29, 1.82) is 0 Å². The number of para-hydroxylation sites is 1. The molecule has 3 amide bonds. The standard InChI is InChI=1S/C17H19N5O3S/c1-9(2)16-21-22-17(26-16)20-13(23)8-7-12-15(25)18-11-6-4-3-5-10(11)14(24)19-12/h3-6,9,12H,7-8H2,1-2H3,(H,18,25)(H,19,24)(H,20,22,23)/t12-/m1/s1. The van der Waals surface area contributed by atoms with Crippen molar-refractivity contribution in [2.75, 3.05) is 10.6 Å². The zero-order chi connectivity index (χ0) is 18.7. The average molecular weight is 373 g/mol. The minimum Gasteiger partial charge on any atom is -0.340 e. The van der Waals surface area contributed by atoms with E-state index in [-0.39, 0.29) is 36.5 Å². The normalized spacial score (nSPS) is 16.5. The highest BCUT2D eigenvalue weighted by Gasteiger charge is 2.28. The van der Waals surface area contributed by atoms with Crippen LogP contribution in [0.2, 0.25) is 0 Å². The van der Waals surface area contributed by atoms with Gasteiger partial charge in [-0.05, 0) is 18.6 Å². The number of carbonyl (C=O) groups is 3. The largest absolute Gasteiger partial charge is 0.340 e. The maximum absolute atomic E-state index is 12.3. The van der Waals surface area contributed by atoms with Crippen molar-refractivity contribution >= 4 is 39.9 Å². The number of carbonyl (C=O) groups excluding carboxylic acids is 3. The predicted octanol–water partition coefficient (Wildman–Crippen LogP) is 2.13. The van der Waals surface area contributed by atoms with Crippen molar-refractivity contribution in [3.63, 3.8) is 0 Å². The van der Waals surface area contributed by atoms with Gasteiger partial charge in [0.25, 0.3) is 5.91 Å². The average Bonchev–Trinajstić information content (AvgIpc) is 3.02. The highest BCUT2D eigenvalue weighted by atomic mass is 32.1. The van der Waals surface area contributed by atoms with Gasteiger partial charge in [0.2, 0.25) is 16.9 Å². The van der Waals surface area contributed by atoms with Crippen molar-refractivity contribution in [2.45, 2.75) is 38.6 Å². The fraction of sp³-hybridized carbons (Fsp3) is 0.353. The molecule has 0 aliphatic carbocycles. The van der Waals surface area contributed by atoms with Crippen LogP contribution >= 0.6 is 11.3 Å². The van der Waals surface area contributed by atoms with E-state index < -0.39 is 6.04 Å². The molecule has 0 bridgehead atoms. The molecule has 1 aromatic heterocycles. The van der Waals surface area contributed by atoms with Crippen molar-refractivity contribution < 1.29 is 14.4 Å². The first-order chi connectivity index (χ1) is 12.4. The maximum atomic E-state index is 12.3. The van der Waals surface area contributed by atoms with Gasteiger partial charge >= 0.3 is 0 Å². The second-order valence-corrected chi connectivity index (χ2v) is 7.26. The van der Waals surface area contributed by atoms with E-state index in [2.05, 4.69) is 26.1 Å². The predicted molar refractivity (Wildman–Crippen MR) is 98.2 cm³/mol. The summed E-state index contributed by atoms with van der Waals surface area (Å²) in [6.07, 6.45) is 0.262. The summed E-state index contributed by atoms with van der Waals surface area (Å²) in [7, 11) is 0. The van der Waals surface area contributed by atoms with Crippen LogP contribution in [0.25, 0.3) is 0 Å². The summed E-state index contributed by atoms with van der Waals surface area (Å²) in [4.78, 5) is 36.6. The third-order valence-electron chi connectivity index (χ3n) is 3.89. The number of hydrogen-bond acceptors (Lipinski definition) is 6. The number of nitrogens with zero attached hydrogens (tertiary/aromatic N) is 2. The quantitative estimate of drug-likeness (QED) is 0.743. The fourth-order valence-corrected chi connectivity index (χ4v) is 3.25. The zero-order valence-corrected chi connectivity index (χ0v) is 15.2. The molecule has 26 heavy (non-hydrogen) atoms. The Morgan fingerprint density at radius 3 is 2.77 bits per heavy atom. The van der Waals surface area contributed by atoms with Crippen LogP contribution in [0.5, 0.6) is 0 Å². The molecule has 1 aliphatic rings. The SMILES string of the molecule is CC(C)c1nnc(NC(=O)CC[C@H]2NC(=O)c3ccccc3NC2=O)s1. The maximum Gasteiger partial charge on any atom is 0.254 e. The number of benzene rings is 1. The molecule has 8 nitrogen and oxygen atoms in total. The van der Waals surface area contributed by atoms with E-state index in [1.165, 1.54) is 11.3 Å². The van der Waals surface area contributed by atoms with Gasteiger partial charge in [0, 0.05) is 12.3 Å². The molecule has 0 radical (unpaired) electrons. The van der Waals surface area contributed by atoms with Gasteiger partial charge in [-0.2, -0.15) is 0 Å². The first-order valence-electron chi connectivity index (χ1n) is 8.28. The van der Waals surface area contributed by atoms with E-state index in [1.54, 1.807) is 24.3 Å². The molecule has 1 aromatic carbocycles. The minimum absolute atomic E-state index is 0.0747. The van der Waals surface area contributed by atoms with E-state index in [0.717, 1.165) is 5.01 Å². The summed E-state index contributed by atoms with van der Waals surface area (Å²) in [5.41, 5.74) is 0.875. The number of hydrogen-bond donors (Lipinski definition) is 3. The number of nitrogens with one attached hydrogen (secondary N) is 3. The van der Waals surface area contributed by atoms with E-state index in [9.17, 15) is 14.4 Å². The van der Waals surface area contributed by atoms with Gasteiger partial charge in [-0.3, -0.25) is 14.4 Å². The molecule has 2 heterocycles. The molecule has 0 saturated carbocycles. The second kappa shape index (κ2) is 7.61. The van der Waals surface area contributed by atoms with Gasteiger partial charge < -0.3 is 16.0 Å². The lowest BCUT2D eigenvalue weighted by atomic mass is 10.1. The second-order valence-electron chi connectivity index (χ2n) is 6.25. The van der Waals surface area contributed by atoms with Gasteiger partial charge in [-0.25, -0.2) is 0 Å². The monoisotopic (exact) mass is 373 g/mol. The summed E-state index contributed by atoms with van der Waals surface area (Å²) in [5.74, 6) is -0.714. The van der Waals surface area contributed by atoms with Gasteiger partial charge in [0.05, 0.1) is 11.3 Å². The molecular formula is C17H19N5O3S. The summed E-state index contributed by atoms with van der Waals surface area (Å²) in [6, 6.07) is 6.01. The Kier molecular flexibility index (Phi) is 5.27. The van der Waals surface area contributed by atoms with Crippen LogP contribution < -0.4 is 16.0 Å². The first kappa shape index (κ1) is 18.0. The van der Waals surface area contributed by atoms with E-state index in [0.29, 0.717) is 16.4 Å². The Balaban J connectivity index is 1.58. The van der Waals surface area contributed by atoms with Crippen LogP contribution in [0.1, 0.15) is 48.0 Å². The number of fused-ring (bicyclic) bond motifs is 1. The lowest BCUT2D eigenvalue weighted by Gasteiger charge is -2.13. The van der Waals surface area contributed by atoms with Gasteiger partial charge in [-0.1, -0.05) is 37.3 Å². The highest BCUT2D eigenvalue weighted by Crippen LogP contribution is 2.23. The molecule has 136 valence electrons. The van der Waals surface area contributed by atoms with Crippen molar-refractivity contribution in [3.8, 4) is 0 Å². The number of rotatable bonds is 5. The van der Waals surface area contributed by atoms with Crippen LogP contribution in [-0.4, -0.2) is 34.0 Å². The molecule has 0 fully saturated rings. The molecule has 0 spiro atoms. The van der Waals surface area contributed by atoms with E-state index in [1.807, 2.05) is 13.8 Å². The smallest absolute Gasteiger partial charge is 0.254 e. The van der Waals surface area contributed by atoms with E-state index >= 15 is 0 Å². The number of anilines is 2. The zero-order valence-electron chi connectivity index (χ0n) is 14.4. The first-order valence-corrected chi connectivity index (χ1v) is 9.09. The Hall–Kier alpha value is -2.81. The van der Waals surface area contributed by atoms with Crippen LogP contribution in [-0.2, 0) is 9.59 Å². The molecular weight excluding hydrogens is 354 g/mol. The van der Waals surface area contributed by atoms with E-state index in [4.69, 9.17) is 0 Å². The molecule has 3 rings (SSSR count). The van der Waals surface area contributed by atoms with Crippen molar-refractivity contribution in [2.24, 2.45) is 0 Å². The van der Waals surface area contributed by atoms with Crippen molar-refractivity contribution in [3.05, 3.63) is 34.8 Å². The van der Waals surface area contributed by atoms with Gasteiger partial charge in [0.1, 0.15) is 11.0 Å². The summed E-state index contributed by atoms with van der Waals surface area (Å²) in [6.45, 7) is 3.99. The molecule has 1 atom stereocenters. The fourth-order valence-electron chi connectivity index (χ4n) is 2.49. The van der Waals surface area contributed by atoms with Crippen LogP contribution in [0, 0.1) is 0 Å². The molecule has 0 unspecified atom stereocenters. The lowest BCUT2D eigenvalue weighted by molar-refractivity contribution is -0.118. The molecule has 3 N–H and O–H groups in total. The number of amides is 3. The van der Waals surface area contributed by atoms with Gasteiger partial charge in [0.15, 0.2) is 0 Å². The Morgan fingerprint density at radius 2 is 2.04 bits per heavy atom. The lowest BCUT2D eigenvalue weighted by Crippen LogP contribution is -2.41. The number of aromatic nitrogens is 2.